The van der Waals surface area contributed by atoms with Gasteiger partial charge in [-0.1, -0.05) is 6.92 Å². The molecule has 0 saturated carbocycles. The number of nitrogens with zero attached hydrogens (tertiary/aromatic N) is 2. The average molecular weight is 337 g/mol. The van der Waals surface area contributed by atoms with Crippen LogP contribution in [-0.2, 0) is 0 Å². The number of benzene rings is 1. The monoisotopic (exact) mass is 337 g/mol. The summed E-state index contributed by atoms with van der Waals surface area (Å²) in [6.07, 6.45) is 0.882. The van der Waals surface area contributed by atoms with Crippen LogP contribution in [0.3, 0.4) is 0 Å². The number of urea groups is 1. The molecule has 0 aromatic heterocycles. The van der Waals surface area contributed by atoms with E-state index in [1.807, 2.05) is 6.92 Å². The molecule has 1 aliphatic rings. The highest BCUT2D eigenvalue weighted by Gasteiger charge is 2.25. The summed E-state index contributed by atoms with van der Waals surface area (Å²) in [5, 5.41) is 2.82. The Bertz CT molecular complexity index is 586. The van der Waals surface area contributed by atoms with Gasteiger partial charge in [0, 0.05) is 38.3 Å². The Morgan fingerprint density at radius 3 is 2.42 bits per heavy atom. The van der Waals surface area contributed by atoms with Crippen LogP contribution in [-0.4, -0.2) is 61.1 Å². The SMILES string of the molecule is CCCNC(=O)N1CCN(C(=O)c2ccc(OCC)c(F)c2)CC1. The highest BCUT2D eigenvalue weighted by molar-refractivity contribution is 5.94. The largest absolute Gasteiger partial charge is 0.491 e. The summed E-state index contributed by atoms with van der Waals surface area (Å²) in [5.41, 5.74) is 0.292. The maximum atomic E-state index is 13.9. The smallest absolute Gasteiger partial charge is 0.317 e. The van der Waals surface area contributed by atoms with Gasteiger partial charge < -0.3 is 19.9 Å². The second-order valence-electron chi connectivity index (χ2n) is 5.59. The van der Waals surface area contributed by atoms with Crippen LogP contribution in [0.15, 0.2) is 18.2 Å². The van der Waals surface area contributed by atoms with Crippen LogP contribution in [0.1, 0.15) is 30.6 Å². The fourth-order valence-electron chi connectivity index (χ4n) is 2.55. The van der Waals surface area contributed by atoms with Crippen molar-refractivity contribution in [2.45, 2.75) is 20.3 Å². The van der Waals surface area contributed by atoms with Crippen molar-refractivity contribution in [1.29, 1.82) is 0 Å². The van der Waals surface area contributed by atoms with Gasteiger partial charge in [-0.05, 0) is 31.5 Å². The van der Waals surface area contributed by atoms with E-state index >= 15 is 0 Å². The van der Waals surface area contributed by atoms with Crippen molar-refractivity contribution in [3.63, 3.8) is 0 Å². The lowest BCUT2D eigenvalue weighted by Crippen LogP contribution is -2.53. The summed E-state index contributed by atoms with van der Waals surface area (Å²) in [6.45, 7) is 6.60. The van der Waals surface area contributed by atoms with Gasteiger partial charge in [0.25, 0.3) is 5.91 Å². The van der Waals surface area contributed by atoms with Gasteiger partial charge in [-0.15, -0.1) is 0 Å². The Morgan fingerprint density at radius 2 is 1.83 bits per heavy atom. The van der Waals surface area contributed by atoms with Gasteiger partial charge in [0.1, 0.15) is 0 Å². The van der Waals surface area contributed by atoms with E-state index in [-0.39, 0.29) is 17.7 Å². The summed E-state index contributed by atoms with van der Waals surface area (Å²) in [6, 6.07) is 4.14. The van der Waals surface area contributed by atoms with E-state index < -0.39 is 5.82 Å². The Kier molecular flexibility index (Phi) is 6.40. The van der Waals surface area contributed by atoms with Crippen molar-refractivity contribution >= 4 is 11.9 Å². The van der Waals surface area contributed by atoms with Gasteiger partial charge in [-0.25, -0.2) is 9.18 Å². The first-order valence-electron chi connectivity index (χ1n) is 8.31. The van der Waals surface area contributed by atoms with E-state index in [9.17, 15) is 14.0 Å². The molecule has 132 valence electrons. The first-order chi connectivity index (χ1) is 11.6. The molecule has 0 aliphatic carbocycles. The number of halogens is 1. The third-order valence-electron chi connectivity index (χ3n) is 3.86. The molecule has 6 nitrogen and oxygen atoms in total. The van der Waals surface area contributed by atoms with E-state index in [1.54, 1.807) is 22.8 Å². The Hall–Kier alpha value is -2.31. The van der Waals surface area contributed by atoms with Crippen molar-refractivity contribution in [3.05, 3.63) is 29.6 Å². The van der Waals surface area contributed by atoms with Crippen molar-refractivity contribution in [1.82, 2.24) is 15.1 Å². The number of ether oxygens (including phenoxy) is 1. The molecule has 0 unspecified atom stereocenters. The number of rotatable bonds is 5. The highest BCUT2D eigenvalue weighted by Crippen LogP contribution is 2.19. The standard InChI is InChI=1S/C17H24FN3O3/c1-3-7-19-17(23)21-10-8-20(9-11-21)16(22)13-5-6-15(24-4-2)14(18)12-13/h5-6,12H,3-4,7-11H2,1-2H3,(H,19,23). The molecule has 1 aromatic rings. The molecule has 1 fully saturated rings. The molecule has 0 bridgehead atoms. The fraction of sp³-hybridized carbons (Fsp3) is 0.529. The Labute approximate surface area is 141 Å². The minimum atomic E-state index is -0.541. The number of amides is 3. The fourth-order valence-corrected chi connectivity index (χ4v) is 2.55. The molecule has 0 atom stereocenters. The predicted octanol–water partition coefficient (Wildman–Crippen LogP) is 2.10. The number of hydrogen-bond acceptors (Lipinski definition) is 3. The van der Waals surface area contributed by atoms with E-state index in [0.717, 1.165) is 6.42 Å². The third-order valence-corrected chi connectivity index (χ3v) is 3.86. The predicted molar refractivity (Wildman–Crippen MR) is 88.7 cm³/mol. The second-order valence-corrected chi connectivity index (χ2v) is 5.59. The maximum absolute atomic E-state index is 13.9. The molecule has 2 rings (SSSR count). The van der Waals surface area contributed by atoms with Crippen molar-refractivity contribution < 1.29 is 18.7 Å². The maximum Gasteiger partial charge on any atom is 0.317 e. The lowest BCUT2D eigenvalue weighted by Gasteiger charge is -2.34. The molecule has 1 aromatic carbocycles. The summed E-state index contributed by atoms with van der Waals surface area (Å²) < 4.78 is 19.0. The molecule has 0 radical (unpaired) electrons. The first kappa shape index (κ1) is 18.0. The first-order valence-corrected chi connectivity index (χ1v) is 8.31. The number of piperazine rings is 1. The van der Waals surface area contributed by atoms with Gasteiger partial charge in [-0.3, -0.25) is 4.79 Å². The van der Waals surface area contributed by atoms with Crippen LogP contribution in [0, 0.1) is 5.82 Å². The number of nitrogens with one attached hydrogen (secondary N) is 1. The van der Waals surface area contributed by atoms with Crippen molar-refractivity contribution in [3.8, 4) is 5.75 Å². The van der Waals surface area contributed by atoms with Crippen LogP contribution in [0.5, 0.6) is 5.75 Å². The topological polar surface area (TPSA) is 61.9 Å². The van der Waals surface area contributed by atoms with Gasteiger partial charge in [-0.2, -0.15) is 0 Å². The second kappa shape index (κ2) is 8.52. The molecular formula is C17H24FN3O3. The van der Waals surface area contributed by atoms with Crippen LogP contribution in [0.25, 0.3) is 0 Å². The summed E-state index contributed by atoms with van der Waals surface area (Å²) in [4.78, 5) is 27.7. The van der Waals surface area contributed by atoms with Gasteiger partial charge in [0.15, 0.2) is 11.6 Å². The minimum Gasteiger partial charge on any atom is -0.491 e. The normalized spacial score (nSPS) is 14.5. The van der Waals surface area contributed by atoms with Crippen LogP contribution in [0.2, 0.25) is 0 Å². The molecule has 1 heterocycles. The lowest BCUT2D eigenvalue weighted by atomic mass is 10.1. The summed E-state index contributed by atoms with van der Waals surface area (Å²) >= 11 is 0. The van der Waals surface area contributed by atoms with E-state index in [1.165, 1.54) is 12.1 Å². The lowest BCUT2D eigenvalue weighted by molar-refractivity contribution is 0.0664. The molecule has 7 heteroatoms. The zero-order valence-corrected chi connectivity index (χ0v) is 14.2. The van der Waals surface area contributed by atoms with Crippen LogP contribution >= 0.6 is 0 Å². The number of carbonyl (C=O) groups is 2. The van der Waals surface area contributed by atoms with E-state index in [4.69, 9.17) is 4.74 Å². The summed E-state index contributed by atoms with van der Waals surface area (Å²) in [7, 11) is 0. The third kappa shape index (κ3) is 4.37. The van der Waals surface area contributed by atoms with Crippen LogP contribution < -0.4 is 10.1 Å². The van der Waals surface area contributed by atoms with Gasteiger partial charge in [0.2, 0.25) is 0 Å². The Balaban J connectivity index is 1.93. The average Bonchev–Trinajstić information content (AvgIpc) is 2.61. The van der Waals surface area contributed by atoms with Crippen LogP contribution in [0.4, 0.5) is 9.18 Å². The quantitative estimate of drug-likeness (QED) is 0.895. The molecule has 3 amide bonds. The molecule has 1 aliphatic heterocycles. The molecule has 24 heavy (non-hydrogen) atoms. The summed E-state index contributed by atoms with van der Waals surface area (Å²) in [5.74, 6) is -0.627. The van der Waals surface area contributed by atoms with Crippen molar-refractivity contribution in [2.24, 2.45) is 0 Å². The molecule has 0 spiro atoms. The zero-order valence-electron chi connectivity index (χ0n) is 14.2. The minimum absolute atomic E-state index is 0.101. The number of carbonyl (C=O) groups excluding carboxylic acids is 2. The molecular weight excluding hydrogens is 313 g/mol. The zero-order chi connectivity index (χ0) is 17.5. The Morgan fingerprint density at radius 1 is 1.17 bits per heavy atom. The van der Waals surface area contributed by atoms with E-state index in [2.05, 4.69) is 5.32 Å². The van der Waals surface area contributed by atoms with E-state index in [0.29, 0.717) is 44.9 Å². The van der Waals surface area contributed by atoms with Crippen molar-refractivity contribution in [2.75, 3.05) is 39.3 Å². The van der Waals surface area contributed by atoms with Gasteiger partial charge in [0.05, 0.1) is 6.61 Å². The highest BCUT2D eigenvalue weighted by atomic mass is 19.1. The molecule has 1 N–H and O–H groups in total. The molecule has 1 saturated heterocycles. The van der Waals surface area contributed by atoms with Gasteiger partial charge >= 0.3 is 6.03 Å². The number of hydrogen-bond donors (Lipinski definition) is 1.